The van der Waals surface area contributed by atoms with Gasteiger partial charge in [0.15, 0.2) is 6.61 Å². The van der Waals surface area contributed by atoms with Crippen LogP contribution in [-0.2, 0) is 14.9 Å². The Hall–Kier alpha value is -2.34. The fourth-order valence-electron chi connectivity index (χ4n) is 2.35. The summed E-state index contributed by atoms with van der Waals surface area (Å²) in [5.74, 6) is -0.221. The van der Waals surface area contributed by atoms with E-state index in [1.54, 1.807) is 32.0 Å². The summed E-state index contributed by atoms with van der Waals surface area (Å²) in [5.41, 5.74) is 1.49. The maximum Gasteiger partial charge on any atom is 0.349 e. The first-order valence-electron chi connectivity index (χ1n) is 9.01. The molecular formula is C22H25BrO5. The van der Waals surface area contributed by atoms with Gasteiger partial charge in [0.1, 0.15) is 11.5 Å². The molecule has 0 atom stereocenters. The van der Waals surface area contributed by atoms with Crippen molar-refractivity contribution in [2.75, 3.05) is 6.61 Å². The monoisotopic (exact) mass is 448 g/mol. The molecule has 28 heavy (non-hydrogen) atoms. The summed E-state index contributed by atoms with van der Waals surface area (Å²) in [5, 5.41) is 0. The fraction of sp³-hybridized carbons (Fsp3) is 0.364. The Bertz CT molecular complexity index is 852. The molecule has 0 heterocycles. The van der Waals surface area contributed by atoms with Crippen LogP contribution in [0.2, 0.25) is 0 Å². The number of carbonyl (C=O) groups excluding carboxylic acids is 2. The van der Waals surface area contributed by atoms with Gasteiger partial charge in [-0.3, -0.25) is 0 Å². The minimum absolute atomic E-state index is 0.0156. The number of hydrogen-bond donors (Lipinski definition) is 0. The molecular weight excluding hydrogens is 424 g/mol. The molecule has 0 N–H and O–H groups in total. The molecule has 0 saturated heterocycles. The van der Waals surface area contributed by atoms with Crippen molar-refractivity contribution in [2.24, 2.45) is 0 Å². The Morgan fingerprint density at radius 2 is 1.79 bits per heavy atom. The molecule has 2 aromatic rings. The second-order valence-electron chi connectivity index (χ2n) is 7.64. The normalized spacial score (nSPS) is 11.2. The van der Waals surface area contributed by atoms with Crippen LogP contribution >= 0.6 is 15.9 Å². The lowest BCUT2D eigenvalue weighted by Gasteiger charge is -2.20. The first kappa shape index (κ1) is 22.0. The van der Waals surface area contributed by atoms with Crippen LogP contribution in [0.25, 0.3) is 0 Å². The number of ether oxygens (including phenoxy) is 3. The van der Waals surface area contributed by atoms with Crippen LogP contribution < -0.4 is 9.47 Å². The van der Waals surface area contributed by atoms with E-state index in [0.717, 1.165) is 10.0 Å². The smallest absolute Gasteiger partial charge is 0.349 e. The summed E-state index contributed by atoms with van der Waals surface area (Å²) in [7, 11) is 0. The van der Waals surface area contributed by atoms with Gasteiger partial charge in [0.2, 0.25) is 0 Å². The Labute approximate surface area is 174 Å². The number of hydrogen-bond acceptors (Lipinski definition) is 5. The third-order valence-electron chi connectivity index (χ3n) is 3.79. The Balaban J connectivity index is 1.97. The molecule has 0 spiro atoms. The third-order valence-corrected chi connectivity index (χ3v) is 4.41. The summed E-state index contributed by atoms with van der Waals surface area (Å²) in [6.45, 7) is 9.65. The highest BCUT2D eigenvalue weighted by Gasteiger charge is 2.16. The van der Waals surface area contributed by atoms with Crippen molar-refractivity contribution in [3.05, 3.63) is 58.1 Å². The molecule has 0 aliphatic rings. The van der Waals surface area contributed by atoms with E-state index in [2.05, 4.69) is 36.7 Å². The molecule has 2 aromatic carbocycles. The quantitative estimate of drug-likeness (QED) is 0.443. The van der Waals surface area contributed by atoms with Crippen LogP contribution in [0.1, 0.15) is 50.5 Å². The van der Waals surface area contributed by atoms with Gasteiger partial charge in [-0.1, -0.05) is 32.9 Å². The molecule has 0 bridgehead atoms. The van der Waals surface area contributed by atoms with Gasteiger partial charge in [-0.05, 0) is 71.1 Å². The second-order valence-corrected chi connectivity index (χ2v) is 8.49. The number of halogens is 1. The zero-order valence-corrected chi connectivity index (χ0v) is 18.3. The van der Waals surface area contributed by atoms with Crippen molar-refractivity contribution >= 4 is 27.9 Å². The second kappa shape index (κ2) is 9.24. The lowest BCUT2D eigenvalue weighted by Crippen LogP contribution is -2.18. The van der Waals surface area contributed by atoms with Crippen LogP contribution in [0.15, 0.2) is 46.9 Å². The van der Waals surface area contributed by atoms with E-state index in [-0.39, 0.29) is 23.9 Å². The van der Waals surface area contributed by atoms with Gasteiger partial charge >= 0.3 is 11.9 Å². The van der Waals surface area contributed by atoms with E-state index in [0.29, 0.717) is 11.3 Å². The van der Waals surface area contributed by atoms with E-state index < -0.39 is 11.9 Å². The molecule has 0 amide bonds. The standard InChI is InChI=1S/C22H25BrO5/c1-14(2)27-21(25)15-7-6-8-17(11-15)28-20(24)13-26-19-10-9-16(12-18(19)23)22(3,4)5/h6-12,14H,13H2,1-5H3. The molecule has 0 saturated carbocycles. The van der Waals surface area contributed by atoms with E-state index >= 15 is 0 Å². The average Bonchev–Trinajstić information content (AvgIpc) is 2.59. The first-order valence-corrected chi connectivity index (χ1v) is 9.80. The Morgan fingerprint density at radius 3 is 2.39 bits per heavy atom. The van der Waals surface area contributed by atoms with Crippen molar-refractivity contribution in [3.63, 3.8) is 0 Å². The largest absolute Gasteiger partial charge is 0.481 e. The molecule has 0 aromatic heterocycles. The zero-order valence-electron chi connectivity index (χ0n) is 16.7. The van der Waals surface area contributed by atoms with Crippen LogP contribution in [-0.4, -0.2) is 24.6 Å². The summed E-state index contributed by atoms with van der Waals surface area (Å²) in [4.78, 5) is 24.1. The van der Waals surface area contributed by atoms with E-state index in [9.17, 15) is 9.59 Å². The molecule has 150 valence electrons. The summed E-state index contributed by atoms with van der Waals surface area (Å²) < 4.78 is 16.7. The van der Waals surface area contributed by atoms with Crippen molar-refractivity contribution in [3.8, 4) is 11.5 Å². The zero-order chi connectivity index (χ0) is 20.9. The first-order chi connectivity index (χ1) is 13.1. The minimum Gasteiger partial charge on any atom is -0.481 e. The van der Waals surface area contributed by atoms with Crippen LogP contribution in [0.4, 0.5) is 0 Å². The molecule has 0 radical (unpaired) electrons. The predicted octanol–water partition coefficient (Wildman–Crippen LogP) is 5.30. The van der Waals surface area contributed by atoms with Crippen LogP contribution in [0.5, 0.6) is 11.5 Å². The van der Waals surface area contributed by atoms with E-state index in [4.69, 9.17) is 14.2 Å². The van der Waals surface area contributed by atoms with Crippen LogP contribution in [0, 0.1) is 0 Å². The van der Waals surface area contributed by atoms with Crippen molar-refractivity contribution in [2.45, 2.75) is 46.1 Å². The average molecular weight is 449 g/mol. The molecule has 6 heteroatoms. The Kier molecular flexibility index (Phi) is 7.24. The third kappa shape index (κ3) is 6.37. The van der Waals surface area contributed by atoms with E-state index in [1.807, 2.05) is 18.2 Å². The predicted molar refractivity (Wildman–Crippen MR) is 111 cm³/mol. The van der Waals surface area contributed by atoms with Gasteiger partial charge in [0, 0.05) is 0 Å². The number of rotatable bonds is 6. The van der Waals surface area contributed by atoms with Gasteiger partial charge in [-0.15, -0.1) is 0 Å². The maximum atomic E-state index is 12.1. The summed E-state index contributed by atoms with van der Waals surface area (Å²) >= 11 is 3.47. The van der Waals surface area contributed by atoms with Crippen molar-refractivity contribution in [1.29, 1.82) is 0 Å². The molecule has 5 nitrogen and oxygen atoms in total. The lowest BCUT2D eigenvalue weighted by atomic mass is 9.87. The van der Waals surface area contributed by atoms with Gasteiger partial charge in [0.05, 0.1) is 16.1 Å². The minimum atomic E-state index is -0.568. The fourth-order valence-corrected chi connectivity index (χ4v) is 2.84. The highest BCUT2D eigenvalue weighted by Crippen LogP contribution is 2.31. The van der Waals surface area contributed by atoms with Crippen molar-refractivity contribution in [1.82, 2.24) is 0 Å². The number of carbonyl (C=O) groups is 2. The Morgan fingerprint density at radius 1 is 1.07 bits per heavy atom. The number of esters is 2. The lowest BCUT2D eigenvalue weighted by molar-refractivity contribution is -0.136. The highest BCUT2D eigenvalue weighted by atomic mass is 79.9. The summed E-state index contributed by atoms with van der Waals surface area (Å²) in [6.07, 6.45) is -0.227. The van der Waals surface area contributed by atoms with Crippen molar-refractivity contribution < 1.29 is 23.8 Å². The number of benzene rings is 2. The van der Waals surface area contributed by atoms with Gasteiger partial charge < -0.3 is 14.2 Å². The topological polar surface area (TPSA) is 61.8 Å². The molecule has 2 rings (SSSR count). The SMILES string of the molecule is CC(C)OC(=O)c1cccc(OC(=O)COc2ccc(C(C)(C)C)cc2Br)c1. The van der Waals surface area contributed by atoms with E-state index in [1.165, 1.54) is 6.07 Å². The molecule has 0 unspecified atom stereocenters. The molecule has 0 aliphatic carbocycles. The van der Waals surface area contributed by atoms with Gasteiger partial charge in [0.25, 0.3) is 0 Å². The molecule has 0 aliphatic heterocycles. The summed E-state index contributed by atoms with van der Waals surface area (Å²) in [6, 6.07) is 12.1. The molecule has 0 fully saturated rings. The highest BCUT2D eigenvalue weighted by molar-refractivity contribution is 9.10. The van der Waals surface area contributed by atoms with Crippen LogP contribution in [0.3, 0.4) is 0 Å². The maximum absolute atomic E-state index is 12.1. The van der Waals surface area contributed by atoms with Gasteiger partial charge in [-0.2, -0.15) is 0 Å². The van der Waals surface area contributed by atoms with Gasteiger partial charge in [-0.25, -0.2) is 9.59 Å².